The summed E-state index contributed by atoms with van der Waals surface area (Å²) in [4.78, 5) is 15.0. The molecule has 0 aliphatic heterocycles. The number of halogens is 3. The topological polar surface area (TPSA) is 63.0 Å². The molecule has 1 heterocycles. The monoisotopic (exact) mass is 318 g/mol. The smallest absolute Gasteiger partial charge is 0.311 e. The van der Waals surface area contributed by atoms with Crippen LogP contribution < -0.4 is 0 Å². The van der Waals surface area contributed by atoms with Gasteiger partial charge in [0.1, 0.15) is 6.07 Å². The second-order valence-corrected chi connectivity index (χ2v) is 4.04. The van der Waals surface area contributed by atoms with Crippen molar-refractivity contribution in [3.63, 3.8) is 0 Å². The van der Waals surface area contributed by atoms with Crippen molar-refractivity contribution in [2.45, 2.75) is 19.8 Å². The average molecular weight is 319 g/mol. The number of hydrogen-bond acceptors (Lipinski definition) is 4. The minimum Gasteiger partial charge on any atom is -0.466 e. The van der Waals surface area contributed by atoms with Gasteiger partial charge >= 0.3 is 5.97 Å². The van der Waals surface area contributed by atoms with Crippen molar-refractivity contribution in [2.24, 2.45) is 0 Å². The van der Waals surface area contributed by atoms with Gasteiger partial charge in [0.25, 0.3) is 6.43 Å². The normalized spacial score (nSPS) is 10.2. The van der Waals surface area contributed by atoms with Crippen LogP contribution in [0.15, 0.2) is 10.7 Å². The molecule has 0 bridgehead atoms. The van der Waals surface area contributed by atoms with Crippen molar-refractivity contribution in [1.82, 2.24) is 4.98 Å². The van der Waals surface area contributed by atoms with E-state index in [1.807, 2.05) is 0 Å². The third kappa shape index (κ3) is 3.23. The van der Waals surface area contributed by atoms with E-state index in [-0.39, 0.29) is 34.3 Å². The highest BCUT2D eigenvalue weighted by Crippen LogP contribution is 2.30. The van der Waals surface area contributed by atoms with Gasteiger partial charge in [0.15, 0.2) is 0 Å². The molecule has 0 spiro atoms. The number of carbonyl (C=O) groups is 1. The number of alkyl halides is 2. The van der Waals surface area contributed by atoms with Crippen LogP contribution in [0.3, 0.4) is 0 Å². The van der Waals surface area contributed by atoms with Gasteiger partial charge < -0.3 is 4.74 Å². The zero-order valence-corrected chi connectivity index (χ0v) is 11.0. The van der Waals surface area contributed by atoms with Crippen LogP contribution in [0.25, 0.3) is 0 Å². The molecule has 0 amide bonds. The first-order valence-electron chi connectivity index (χ1n) is 5.02. The first-order chi connectivity index (χ1) is 8.51. The lowest BCUT2D eigenvalue weighted by atomic mass is 10.1. The number of hydrogen-bond donors (Lipinski definition) is 0. The quantitative estimate of drug-likeness (QED) is 0.801. The molecule has 18 heavy (non-hydrogen) atoms. The summed E-state index contributed by atoms with van der Waals surface area (Å²) in [7, 11) is 0. The van der Waals surface area contributed by atoms with Crippen LogP contribution in [0.1, 0.15) is 30.2 Å². The van der Waals surface area contributed by atoms with Gasteiger partial charge in [-0.15, -0.1) is 0 Å². The lowest BCUT2D eigenvalue weighted by Gasteiger charge is -2.08. The van der Waals surface area contributed by atoms with E-state index in [9.17, 15) is 13.6 Å². The Morgan fingerprint density at radius 2 is 2.33 bits per heavy atom. The third-order valence-corrected chi connectivity index (χ3v) is 2.94. The highest BCUT2D eigenvalue weighted by Gasteiger charge is 2.20. The van der Waals surface area contributed by atoms with Crippen LogP contribution in [-0.4, -0.2) is 17.6 Å². The van der Waals surface area contributed by atoms with Crippen molar-refractivity contribution in [1.29, 1.82) is 5.26 Å². The molecule has 96 valence electrons. The zero-order valence-electron chi connectivity index (χ0n) is 9.41. The Hall–Kier alpha value is -1.55. The molecular formula is C11H9BrF2N2O2. The summed E-state index contributed by atoms with van der Waals surface area (Å²) in [5.41, 5.74) is -0.327. The van der Waals surface area contributed by atoms with E-state index < -0.39 is 12.4 Å². The Morgan fingerprint density at radius 3 is 2.83 bits per heavy atom. The fraction of sp³-hybridized carbons (Fsp3) is 0.364. The average Bonchev–Trinajstić information content (AvgIpc) is 2.29. The number of rotatable bonds is 4. The molecule has 0 saturated heterocycles. The van der Waals surface area contributed by atoms with E-state index in [2.05, 4.69) is 20.9 Å². The lowest BCUT2D eigenvalue weighted by molar-refractivity contribution is -0.142. The van der Waals surface area contributed by atoms with Crippen LogP contribution in [0.4, 0.5) is 8.78 Å². The number of ether oxygens (including phenoxy) is 1. The largest absolute Gasteiger partial charge is 0.466 e. The van der Waals surface area contributed by atoms with Gasteiger partial charge in [0, 0.05) is 10.7 Å². The van der Waals surface area contributed by atoms with Gasteiger partial charge in [-0.25, -0.2) is 8.78 Å². The molecule has 7 heteroatoms. The molecule has 0 aliphatic carbocycles. The molecular weight excluding hydrogens is 310 g/mol. The molecule has 0 fully saturated rings. The van der Waals surface area contributed by atoms with Gasteiger partial charge in [0.2, 0.25) is 0 Å². The summed E-state index contributed by atoms with van der Waals surface area (Å²) in [6, 6.07) is 1.76. The third-order valence-electron chi connectivity index (χ3n) is 2.08. The second-order valence-electron chi connectivity index (χ2n) is 3.24. The number of esters is 1. The van der Waals surface area contributed by atoms with E-state index in [1.54, 1.807) is 13.0 Å². The molecule has 0 atom stereocenters. The minimum absolute atomic E-state index is 0.0331. The van der Waals surface area contributed by atoms with E-state index in [1.165, 1.54) is 0 Å². The summed E-state index contributed by atoms with van der Waals surface area (Å²) in [5.74, 6) is -0.557. The number of carbonyl (C=O) groups excluding carboxylic acids is 1. The predicted octanol–water partition coefficient (Wildman–Crippen LogP) is 2.76. The predicted molar refractivity (Wildman–Crippen MR) is 61.9 cm³/mol. The molecule has 0 aromatic carbocycles. The first kappa shape index (κ1) is 14.5. The van der Waals surface area contributed by atoms with Crippen LogP contribution >= 0.6 is 15.9 Å². The Labute approximate surface area is 111 Å². The molecule has 0 saturated carbocycles. The van der Waals surface area contributed by atoms with Crippen LogP contribution in [0.5, 0.6) is 0 Å². The standard InChI is InChI=1S/C11H9BrF2N2O2/c1-2-18-9(17)3-8-6(4-15)10(12)7(5-16-8)11(13)14/h5,11H,2-3H2,1H3. The summed E-state index contributed by atoms with van der Waals surface area (Å²) >= 11 is 2.93. The van der Waals surface area contributed by atoms with Crippen LogP contribution in [-0.2, 0) is 16.0 Å². The van der Waals surface area contributed by atoms with Gasteiger partial charge in [0.05, 0.1) is 29.8 Å². The second kappa shape index (κ2) is 6.40. The molecule has 1 aromatic heterocycles. The summed E-state index contributed by atoms with van der Waals surface area (Å²) in [6.07, 6.45) is -2.01. The molecule has 0 radical (unpaired) electrons. The Bertz CT molecular complexity index is 501. The zero-order chi connectivity index (χ0) is 13.7. The maximum absolute atomic E-state index is 12.6. The molecule has 0 N–H and O–H groups in total. The number of aromatic nitrogens is 1. The maximum atomic E-state index is 12.6. The molecule has 1 aromatic rings. The van der Waals surface area contributed by atoms with E-state index in [0.29, 0.717) is 0 Å². The van der Waals surface area contributed by atoms with Crippen molar-refractivity contribution in [2.75, 3.05) is 6.61 Å². The highest BCUT2D eigenvalue weighted by atomic mass is 79.9. The van der Waals surface area contributed by atoms with E-state index in [4.69, 9.17) is 10.00 Å². The van der Waals surface area contributed by atoms with Gasteiger partial charge in [-0.2, -0.15) is 5.26 Å². The van der Waals surface area contributed by atoms with Crippen molar-refractivity contribution in [3.8, 4) is 6.07 Å². The van der Waals surface area contributed by atoms with Gasteiger partial charge in [-0.1, -0.05) is 0 Å². The Kier molecular flexibility index (Phi) is 5.16. The Balaban J connectivity index is 3.12. The summed E-state index contributed by atoms with van der Waals surface area (Å²) < 4.78 is 29.9. The Morgan fingerprint density at radius 1 is 1.67 bits per heavy atom. The molecule has 0 unspecified atom stereocenters. The fourth-order valence-corrected chi connectivity index (χ4v) is 1.88. The molecule has 1 rings (SSSR count). The minimum atomic E-state index is -2.74. The lowest BCUT2D eigenvalue weighted by Crippen LogP contribution is -2.11. The van der Waals surface area contributed by atoms with Crippen molar-refractivity contribution >= 4 is 21.9 Å². The van der Waals surface area contributed by atoms with Gasteiger partial charge in [-0.3, -0.25) is 9.78 Å². The summed E-state index contributed by atoms with van der Waals surface area (Å²) in [5, 5.41) is 8.93. The maximum Gasteiger partial charge on any atom is 0.311 e. The summed E-state index contributed by atoms with van der Waals surface area (Å²) in [6.45, 7) is 1.85. The SMILES string of the molecule is CCOC(=O)Cc1ncc(C(F)F)c(Br)c1C#N. The van der Waals surface area contributed by atoms with Crippen molar-refractivity contribution < 1.29 is 18.3 Å². The number of pyridine rings is 1. The fourth-order valence-electron chi connectivity index (χ4n) is 1.29. The molecule has 0 aliphatic rings. The number of nitriles is 1. The van der Waals surface area contributed by atoms with Crippen LogP contribution in [0.2, 0.25) is 0 Å². The van der Waals surface area contributed by atoms with Crippen LogP contribution in [0, 0.1) is 11.3 Å². The van der Waals surface area contributed by atoms with Crippen molar-refractivity contribution in [3.05, 3.63) is 27.5 Å². The van der Waals surface area contributed by atoms with E-state index >= 15 is 0 Å². The van der Waals surface area contributed by atoms with E-state index in [0.717, 1.165) is 6.20 Å². The highest BCUT2D eigenvalue weighted by molar-refractivity contribution is 9.10. The number of nitrogens with zero attached hydrogens (tertiary/aromatic N) is 2. The van der Waals surface area contributed by atoms with Gasteiger partial charge in [-0.05, 0) is 22.9 Å². The first-order valence-corrected chi connectivity index (χ1v) is 5.81. The molecule has 4 nitrogen and oxygen atoms in total.